The molecule has 0 aliphatic rings. The number of hydrogen-bond acceptors (Lipinski definition) is 2. The molecule has 0 saturated heterocycles. The second-order valence-electron chi connectivity index (χ2n) is 5.00. The predicted octanol–water partition coefficient (Wildman–Crippen LogP) is 3.31. The zero-order valence-electron chi connectivity index (χ0n) is 11.4. The molecule has 2 nitrogen and oxygen atoms in total. The topological polar surface area (TPSA) is 24.9 Å². The lowest BCUT2D eigenvalue weighted by Crippen LogP contribution is -2.21. The van der Waals surface area contributed by atoms with Crippen LogP contribution in [0.5, 0.6) is 0 Å². The van der Waals surface area contributed by atoms with E-state index in [0.29, 0.717) is 12.5 Å². The van der Waals surface area contributed by atoms with Crippen molar-refractivity contribution in [3.8, 4) is 0 Å². The van der Waals surface area contributed by atoms with Gasteiger partial charge in [-0.15, -0.1) is 0 Å². The zero-order valence-corrected chi connectivity index (χ0v) is 11.4. The minimum atomic E-state index is -0.155. The average Bonchev–Trinajstić information content (AvgIpc) is 2.41. The number of halogens is 1. The van der Waals surface area contributed by atoms with Crippen LogP contribution >= 0.6 is 0 Å². The molecule has 19 heavy (non-hydrogen) atoms. The molecule has 0 spiro atoms. The van der Waals surface area contributed by atoms with Crippen LogP contribution < -0.4 is 5.32 Å². The largest absolute Gasteiger partial charge is 0.310 e. The standard InChI is InChI=1S/C16H19FN2/c1-12(2)19-11-14-5-6-16(17)15(9-14)8-13-4-3-7-18-10-13/h3-7,9-10,12,19H,8,11H2,1-2H3. The van der Waals surface area contributed by atoms with Gasteiger partial charge in [0.15, 0.2) is 0 Å². The molecular weight excluding hydrogens is 239 g/mol. The van der Waals surface area contributed by atoms with Gasteiger partial charge in [-0.25, -0.2) is 4.39 Å². The molecule has 0 saturated carbocycles. The Bertz CT molecular complexity index is 524. The third kappa shape index (κ3) is 4.14. The van der Waals surface area contributed by atoms with E-state index in [-0.39, 0.29) is 5.82 Å². The number of nitrogens with zero attached hydrogens (tertiary/aromatic N) is 1. The van der Waals surface area contributed by atoms with Crippen molar-refractivity contribution in [1.82, 2.24) is 10.3 Å². The first kappa shape index (κ1) is 13.7. The molecule has 0 aliphatic heterocycles. The van der Waals surface area contributed by atoms with E-state index < -0.39 is 0 Å². The quantitative estimate of drug-likeness (QED) is 0.890. The number of pyridine rings is 1. The Morgan fingerprint density at radius 2 is 2.05 bits per heavy atom. The fraction of sp³-hybridized carbons (Fsp3) is 0.312. The van der Waals surface area contributed by atoms with Crippen LogP contribution in [0.25, 0.3) is 0 Å². The third-order valence-electron chi connectivity index (χ3n) is 2.94. The molecule has 0 radical (unpaired) electrons. The second-order valence-corrected chi connectivity index (χ2v) is 5.00. The second kappa shape index (κ2) is 6.43. The third-order valence-corrected chi connectivity index (χ3v) is 2.94. The molecule has 0 bridgehead atoms. The Morgan fingerprint density at radius 1 is 1.21 bits per heavy atom. The van der Waals surface area contributed by atoms with Gasteiger partial charge in [0.25, 0.3) is 0 Å². The van der Waals surface area contributed by atoms with Gasteiger partial charge in [-0.2, -0.15) is 0 Å². The SMILES string of the molecule is CC(C)NCc1ccc(F)c(Cc2cccnc2)c1. The van der Waals surface area contributed by atoms with Crippen LogP contribution in [0, 0.1) is 5.82 Å². The van der Waals surface area contributed by atoms with Gasteiger partial charge in [0.05, 0.1) is 0 Å². The van der Waals surface area contributed by atoms with E-state index in [0.717, 1.165) is 23.2 Å². The molecule has 0 fully saturated rings. The lowest BCUT2D eigenvalue weighted by Gasteiger charge is -2.10. The van der Waals surface area contributed by atoms with Gasteiger partial charge >= 0.3 is 0 Å². The van der Waals surface area contributed by atoms with Crippen molar-refractivity contribution < 1.29 is 4.39 Å². The van der Waals surface area contributed by atoms with Gasteiger partial charge < -0.3 is 5.32 Å². The van der Waals surface area contributed by atoms with E-state index in [1.807, 2.05) is 24.3 Å². The Hall–Kier alpha value is -1.74. The summed E-state index contributed by atoms with van der Waals surface area (Å²) in [7, 11) is 0. The average molecular weight is 258 g/mol. The minimum absolute atomic E-state index is 0.155. The summed E-state index contributed by atoms with van der Waals surface area (Å²) in [5.41, 5.74) is 2.85. The molecular formula is C16H19FN2. The first-order chi connectivity index (χ1) is 9.15. The molecule has 100 valence electrons. The molecule has 1 N–H and O–H groups in total. The number of aromatic nitrogens is 1. The molecule has 3 heteroatoms. The number of rotatable bonds is 5. The van der Waals surface area contributed by atoms with E-state index in [1.165, 1.54) is 0 Å². The maximum Gasteiger partial charge on any atom is 0.126 e. The van der Waals surface area contributed by atoms with Crippen LogP contribution in [0.4, 0.5) is 4.39 Å². The fourth-order valence-corrected chi connectivity index (χ4v) is 1.92. The highest BCUT2D eigenvalue weighted by Gasteiger charge is 2.05. The summed E-state index contributed by atoms with van der Waals surface area (Å²) in [5, 5.41) is 3.34. The molecule has 0 atom stereocenters. The van der Waals surface area contributed by atoms with Gasteiger partial charge in [0, 0.05) is 31.4 Å². The summed E-state index contributed by atoms with van der Waals surface area (Å²) in [6.45, 7) is 4.96. The fourth-order valence-electron chi connectivity index (χ4n) is 1.92. The van der Waals surface area contributed by atoms with Crippen molar-refractivity contribution in [2.45, 2.75) is 32.9 Å². The van der Waals surface area contributed by atoms with Gasteiger partial charge in [0.2, 0.25) is 0 Å². The maximum atomic E-state index is 13.8. The minimum Gasteiger partial charge on any atom is -0.310 e. The normalized spacial score (nSPS) is 10.9. The molecule has 1 heterocycles. The monoisotopic (exact) mass is 258 g/mol. The molecule has 0 amide bonds. The summed E-state index contributed by atoms with van der Waals surface area (Å²) in [4.78, 5) is 4.06. The summed E-state index contributed by atoms with van der Waals surface area (Å²) in [6, 6.07) is 9.56. The highest BCUT2D eigenvalue weighted by atomic mass is 19.1. The summed E-state index contributed by atoms with van der Waals surface area (Å²) in [6.07, 6.45) is 4.08. The first-order valence-electron chi connectivity index (χ1n) is 6.55. The van der Waals surface area contributed by atoms with Crippen molar-refractivity contribution >= 4 is 0 Å². The highest BCUT2D eigenvalue weighted by Crippen LogP contribution is 2.15. The van der Waals surface area contributed by atoms with Gasteiger partial charge in [0.1, 0.15) is 5.82 Å². The Kier molecular flexibility index (Phi) is 4.63. The number of hydrogen-bond donors (Lipinski definition) is 1. The molecule has 1 aromatic heterocycles. The lowest BCUT2D eigenvalue weighted by molar-refractivity contribution is 0.583. The Balaban J connectivity index is 2.13. The van der Waals surface area contributed by atoms with Gasteiger partial charge in [-0.3, -0.25) is 4.98 Å². The van der Waals surface area contributed by atoms with Crippen LogP contribution in [0.15, 0.2) is 42.7 Å². The van der Waals surface area contributed by atoms with E-state index in [9.17, 15) is 4.39 Å². The van der Waals surface area contributed by atoms with Crippen molar-refractivity contribution in [2.24, 2.45) is 0 Å². The van der Waals surface area contributed by atoms with Gasteiger partial charge in [-0.05, 0) is 28.8 Å². The van der Waals surface area contributed by atoms with Crippen LogP contribution in [0.3, 0.4) is 0 Å². The zero-order chi connectivity index (χ0) is 13.7. The van der Waals surface area contributed by atoms with Crippen molar-refractivity contribution in [3.05, 3.63) is 65.2 Å². The smallest absolute Gasteiger partial charge is 0.126 e. The van der Waals surface area contributed by atoms with Crippen LogP contribution in [0.2, 0.25) is 0 Å². The Labute approximate surface area is 113 Å². The van der Waals surface area contributed by atoms with Crippen molar-refractivity contribution in [2.75, 3.05) is 0 Å². The number of benzene rings is 1. The van der Waals surface area contributed by atoms with E-state index in [4.69, 9.17) is 0 Å². The van der Waals surface area contributed by atoms with Crippen molar-refractivity contribution in [3.63, 3.8) is 0 Å². The van der Waals surface area contributed by atoms with E-state index in [1.54, 1.807) is 18.5 Å². The van der Waals surface area contributed by atoms with E-state index in [2.05, 4.69) is 24.1 Å². The molecule has 0 unspecified atom stereocenters. The molecule has 2 aromatic rings. The first-order valence-corrected chi connectivity index (χ1v) is 6.55. The summed E-state index contributed by atoms with van der Waals surface area (Å²) < 4.78 is 13.8. The predicted molar refractivity (Wildman–Crippen MR) is 75.4 cm³/mol. The van der Waals surface area contributed by atoms with Crippen LogP contribution in [0.1, 0.15) is 30.5 Å². The molecule has 2 rings (SSSR count). The summed E-state index contributed by atoms with van der Waals surface area (Å²) >= 11 is 0. The Morgan fingerprint density at radius 3 is 2.74 bits per heavy atom. The van der Waals surface area contributed by atoms with Gasteiger partial charge in [-0.1, -0.05) is 32.0 Å². The summed E-state index contributed by atoms with van der Waals surface area (Å²) in [5.74, 6) is -0.155. The van der Waals surface area contributed by atoms with Crippen LogP contribution in [-0.4, -0.2) is 11.0 Å². The lowest BCUT2D eigenvalue weighted by atomic mass is 10.0. The van der Waals surface area contributed by atoms with Crippen LogP contribution in [-0.2, 0) is 13.0 Å². The molecule has 1 aromatic carbocycles. The van der Waals surface area contributed by atoms with E-state index >= 15 is 0 Å². The van der Waals surface area contributed by atoms with Crippen molar-refractivity contribution in [1.29, 1.82) is 0 Å². The highest BCUT2D eigenvalue weighted by molar-refractivity contribution is 5.29. The number of nitrogens with one attached hydrogen (secondary N) is 1. The maximum absolute atomic E-state index is 13.8. The molecule has 0 aliphatic carbocycles.